The molecular formula is C12H16FNO3. The van der Waals surface area contributed by atoms with Crippen LogP contribution in [0.5, 0.6) is 5.75 Å². The molecule has 0 bridgehead atoms. The Morgan fingerprint density at radius 1 is 1.59 bits per heavy atom. The highest BCUT2D eigenvalue weighted by Gasteiger charge is 2.19. The highest BCUT2D eigenvalue weighted by molar-refractivity contribution is 5.79. The number of halogens is 1. The van der Waals surface area contributed by atoms with Crippen LogP contribution in [0.4, 0.5) is 4.39 Å². The number of carbonyl (C=O) groups is 1. The number of hydrogen-bond acceptors (Lipinski definition) is 3. The highest BCUT2D eigenvalue weighted by Crippen LogP contribution is 2.18. The van der Waals surface area contributed by atoms with Crippen LogP contribution in [0.1, 0.15) is 25.3 Å². The third-order valence-electron chi connectivity index (χ3n) is 2.36. The summed E-state index contributed by atoms with van der Waals surface area (Å²) in [6.07, 6.45) is 0.441. The Hall–Kier alpha value is -1.62. The molecule has 94 valence electrons. The van der Waals surface area contributed by atoms with Crippen molar-refractivity contribution in [3.8, 4) is 5.75 Å². The molecule has 0 aromatic heterocycles. The molecule has 1 aromatic rings. The fourth-order valence-corrected chi connectivity index (χ4v) is 1.43. The Kier molecular flexibility index (Phi) is 4.90. The lowest BCUT2D eigenvalue weighted by Gasteiger charge is -2.16. The van der Waals surface area contributed by atoms with Crippen LogP contribution in [0.2, 0.25) is 0 Å². The van der Waals surface area contributed by atoms with Crippen LogP contribution in [0.15, 0.2) is 18.2 Å². The highest BCUT2D eigenvalue weighted by atomic mass is 19.1. The zero-order chi connectivity index (χ0) is 12.8. The minimum atomic E-state index is -0.769. The van der Waals surface area contributed by atoms with Gasteiger partial charge in [0.2, 0.25) is 0 Å². The van der Waals surface area contributed by atoms with Crippen molar-refractivity contribution in [3.63, 3.8) is 0 Å². The van der Waals surface area contributed by atoms with Gasteiger partial charge in [0.15, 0.2) is 6.10 Å². The van der Waals surface area contributed by atoms with Crippen molar-refractivity contribution in [1.82, 2.24) is 5.48 Å². The molecule has 1 rings (SSSR count). The van der Waals surface area contributed by atoms with Gasteiger partial charge in [0.05, 0.1) is 0 Å². The van der Waals surface area contributed by atoms with Gasteiger partial charge in [-0.3, -0.25) is 10.0 Å². The van der Waals surface area contributed by atoms with E-state index in [4.69, 9.17) is 9.94 Å². The summed E-state index contributed by atoms with van der Waals surface area (Å²) in [5.41, 5.74) is 2.00. The summed E-state index contributed by atoms with van der Waals surface area (Å²) in [5, 5.41) is 8.57. The Morgan fingerprint density at radius 3 is 2.82 bits per heavy atom. The molecule has 1 aromatic carbocycles. The van der Waals surface area contributed by atoms with E-state index in [1.54, 1.807) is 12.4 Å². The predicted molar refractivity (Wildman–Crippen MR) is 60.4 cm³/mol. The maximum Gasteiger partial charge on any atom is 0.284 e. The van der Waals surface area contributed by atoms with E-state index in [1.165, 1.54) is 18.2 Å². The van der Waals surface area contributed by atoms with E-state index in [9.17, 15) is 9.18 Å². The second-order valence-electron chi connectivity index (χ2n) is 3.78. The number of amides is 1. The van der Waals surface area contributed by atoms with Crippen LogP contribution in [0.3, 0.4) is 0 Å². The van der Waals surface area contributed by atoms with Gasteiger partial charge in [-0.1, -0.05) is 13.3 Å². The number of carbonyl (C=O) groups excluding carboxylic acids is 1. The molecule has 2 N–H and O–H groups in total. The molecule has 0 saturated heterocycles. The van der Waals surface area contributed by atoms with Crippen LogP contribution in [-0.4, -0.2) is 17.2 Å². The molecule has 0 aliphatic heterocycles. The largest absolute Gasteiger partial charge is 0.481 e. The SMILES string of the molecule is CCC[C@@H](Oc1ccc(F)c(C)c1)C(=O)NO. The van der Waals surface area contributed by atoms with Gasteiger partial charge in [-0.05, 0) is 37.1 Å². The normalized spacial score (nSPS) is 12.0. The zero-order valence-electron chi connectivity index (χ0n) is 9.87. The molecule has 0 unspecified atom stereocenters. The van der Waals surface area contributed by atoms with Crippen molar-refractivity contribution in [3.05, 3.63) is 29.6 Å². The third kappa shape index (κ3) is 3.71. The first-order valence-corrected chi connectivity index (χ1v) is 5.45. The lowest BCUT2D eigenvalue weighted by molar-refractivity contribution is -0.136. The van der Waals surface area contributed by atoms with Gasteiger partial charge >= 0.3 is 0 Å². The second kappa shape index (κ2) is 6.20. The van der Waals surface area contributed by atoms with Gasteiger partial charge in [-0.2, -0.15) is 0 Å². The van der Waals surface area contributed by atoms with Crippen molar-refractivity contribution >= 4 is 5.91 Å². The minimum Gasteiger partial charge on any atom is -0.481 e. The van der Waals surface area contributed by atoms with E-state index in [1.807, 2.05) is 6.92 Å². The van der Waals surface area contributed by atoms with Crippen molar-refractivity contribution in [2.75, 3.05) is 0 Å². The summed E-state index contributed by atoms with van der Waals surface area (Å²) >= 11 is 0. The fourth-order valence-electron chi connectivity index (χ4n) is 1.43. The number of benzene rings is 1. The molecule has 0 heterocycles. The van der Waals surface area contributed by atoms with Gasteiger partial charge in [-0.25, -0.2) is 9.87 Å². The molecule has 5 heteroatoms. The molecule has 1 amide bonds. The first-order valence-electron chi connectivity index (χ1n) is 5.45. The molecule has 4 nitrogen and oxygen atoms in total. The number of aryl methyl sites for hydroxylation is 1. The van der Waals surface area contributed by atoms with Crippen LogP contribution < -0.4 is 10.2 Å². The molecule has 1 atom stereocenters. The summed E-state index contributed by atoms with van der Waals surface area (Å²) in [6.45, 7) is 3.51. The van der Waals surface area contributed by atoms with E-state index >= 15 is 0 Å². The number of hydroxylamine groups is 1. The molecule has 17 heavy (non-hydrogen) atoms. The summed E-state index contributed by atoms with van der Waals surface area (Å²) in [7, 11) is 0. The van der Waals surface area contributed by atoms with Crippen LogP contribution in [-0.2, 0) is 4.79 Å². The minimum absolute atomic E-state index is 0.323. The second-order valence-corrected chi connectivity index (χ2v) is 3.78. The van der Waals surface area contributed by atoms with Crippen molar-refractivity contribution in [2.45, 2.75) is 32.8 Å². The summed E-state index contributed by atoms with van der Waals surface area (Å²) in [5.74, 6) is -0.518. The topological polar surface area (TPSA) is 58.6 Å². The standard InChI is InChI=1S/C12H16FNO3/c1-3-4-11(12(15)14-16)17-9-5-6-10(13)8(2)7-9/h5-7,11,16H,3-4H2,1-2H3,(H,14,15)/t11-/m1/s1. The molecule has 0 fully saturated rings. The summed E-state index contributed by atoms with van der Waals surface area (Å²) in [6, 6.07) is 4.25. The first kappa shape index (κ1) is 13.4. The van der Waals surface area contributed by atoms with Crippen molar-refractivity contribution < 1.29 is 19.1 Å². The van der Waals surface area contributed by atoms with Gasteiger partial charge in [0.25, 0.3) is 5.91 Å². The maximum absolute atomic E-state index is 13.0. The Balaban J connectivity index is 2.78. The van der Waals surface area contributed by atoms with E-state index in [0.29, 0.717) is 17.7 Å². The number of rotatable bonds is 5. The van der Waals surface area contributed by atoms with Crippen LogP contribution in [0.25, 0.3) is 0 Å². The van der Waals surface area contributed by atoms with E-state index < -0.39 is 12.0 Å². The first-order chi connectivity index (χ1) is 8.08. The molecule has 0 aliphatic carbocycles. The van der Waals surface area contributed by atoms with Crippen LogP contribution in [0, 0.1) is 12.7 Å². The molecular weight excluding hydrogens is 225 g/mol. The van der Waals surface area contributed by atoms with E-state index in [2.05, 4.69) is 0 Å². The van der Waals surface area contributed by atoms with Gasteiger partial charge in [-0.15, -0.1) is 0 Å². The van der Waals surface area contributed by atoms with Gasteiger partial charge in [0, 0.05) is 0 Å². The maximum atomic E-state index is 13.0. The lowest BCUT2D eigenvalue weighted by atomic mass is 10.2. The molecule has 0 radical (unpaired) electrons. The van der Waals surface area contributed by atoms with E-state index in [0.717, 1.165) is 6.42 Å². The monoisotopic (exact) mass is 241 g/mol. The smallest absolute Gasteiger partial charge is 0.284 e. The average molecular weight is 241 g/mol. The average Bonchev–Trinajstić information content (AvgIpc) is 2.32. The van der Waals surface area contributed by atoms with Crippen molar-refractivity contribution in [2.24, 2.45) is 0 Å². The molecule has 0 saturated carbocycles. The number of nitrogens with one attached hydrogen (secondary N) is 1. The van der Waals surface area contributed by atoms with E-state index in [-0.39, 0.29) is 5.82 Å². The van der Waals surface area contributed by atoms with Gasteiger partial charge in [0.1, 0.15) is 11.6 Å². The summed E-state index contributed by atoms with van der Waals surface area (Å²) in [4.78, 5) is 11.3. The van der Waals surface area contributed by atoms with Gasteiger partial charge < -0.3 is 4.74 Å². The zero-order valence-corrected chi connectivity index (χ0v) is 9.87. The predicted octanol–water partition coefficient (Wildman–Crippen LogP) is 2.19. The quantitative estimate of drug-likeness (QED) is 0.613. The lowest BCUT2D eigenvalue weighted by Crippen LogP contribution is -2.36. The van der Waals surface area contributed by atoms with Crippen molar-refractivity contribution in [1.29, 1.82) is 0 Å². The molecule has 0 aliphatic rings. The Bertz CT molecular complexity index is 395. The summed E-state index contributed by atoms with van der Waals surface area (Å²) < 4.78 is 18.4. The third-order valence-corrected chi connectivity index (χ3v) is 2.36. The number of hydrogen-bond donors (Lipinski definition) is 2. The van der Waals surface area contributed by atoms with Crippen LogP contribution >= 0.6 is 0 Å². The fraction of sp³-hybridized carbons (Fsp3) is 0.417. The Labute approximate surface area is 99.4 Å². The number of ether oxygens (including phenoxy) is 1. The molecule has 0 spiro atoms. The Morgan fingerprint density at radius 2 is 2.29 bits per heavy atom.